The van der Waals surface area contributed by atoms with E-state index in [1.165, 1.54) is 5.56 Å². The van der Waals surface area contributed by atoms with Gasteiger partial charge in [0.1, 0.15) is 5.82 Å². The number of hydrogen-bond donors (Lipinski definition) is 1. The summed E-state index contributed by atoms with van der Waals surface area (Å²) in [5.74, 6) is 0.609. The number of amidine groups is 1. The highest BCUT2D eigenvalue weighted by molar-refractivity contribution is 8.15. The Labute approximate surface area is 152 Å². The first-order valence-electron chi connectivity index (χ1n) is 8.39. The zero-order chi connectivity index (χ0) is 17.6. The number of amides is 2. The molecule has 5 nitrogen and oxygen atoms in total. The molecule has 1 N–H and O–H groups in total. The monoisotopic (exact) mass is 354 g/mol. The highest BCUT2D eigenvalue weighted by atomic mass is 32.2. The molecule has 0 fully saturated rings. The smallest absolute Gasteiger partial charge is 0.329 e. The molecule has 2 aromatic rings. The van der Waals surface area contributed by atoms with Crippen LogP contribution in [-0.2, 0) is 6.42 Å². The molecule has 0 saturated heterocycles. The van der Waals surface area contributed by atoms with Gasteiger partial charge in [-0.1, -0.05) is 49.0 Å². The minimum Gasteiger partial charge on any atom is -0.337 e. The van der Waals surface area contributed by atoms with E-state index in [0.717, 1.165) is 18.5 Å². The Morgan fingerprint density at radius 1 is 1.32 bits per heavy atom. The summed E-state index contributed by atoms with van der Waals surface area (Å²) in [7, 11) is 0. The summed E-state index contributed by atoms with van der Waals surface area (Å²) in [4.78, 5) is 23.3. The van der Waals surface area contributed by atoms with Crippen molar-refractivity contribution in [2.24, 2.45) is 4.99 Å². The number of carbonyl (C=O) groups excluding carboxylic acids is 1. The first-order chi connectivity index (χ1) is 12.1. The first-order valence-corrected chi connectivity index (χ1v) is 9.27. The molecule has 0 spiro atoms. The number of nitrogens with zero attached hydrogens (tertiary/aromatic N) is 3. The molecule has 1 aromatic carbocycles. The summed E-state index contributed by atoms with van der Waals surface area (Å²) in [5.41, 5.74) is 2.26. The van der Waals surface area contributed by atoms with Crippen molar-refractivity contribution in [1.29, 1.82) is 0 Å². The van der Waals surface area contributed by atoms with Gasteiger partial charge in [-0.05, 0) is 36.6 Å². The second-order valence-electron chi connectivity index (χ2n) is 6.05. The summed E-state index contributed by atoms with van der Waals surface area (Å²) >= 11 is 1.61. The SMILES string of the molecule is Cc1ccnc(N(C(=O)NCCc2ccccc2)C2=NC[C@@H](C)S2)c1. The molecule has 1 atom stereocenters. The number of nitrogens with one attached hydrogen (secondary N) is 1. The minimum atomic E-state index is -0.186. The number of aromatic nitrogens is 1. The van der Waals surface area contributed by atoms with E-state index in [0.29, 0.717) is 22.8 Å². The lowest BCUT2D eigenvalue weighted by atomic mass is 10.1. The number of benzene rings is 1. The lowest BCUT2D eigenvalue weighted by molar-refractivity contribution is 0.249. The Morgan fingerprint density at radius 3 is 2.80 bits per heavy atom. The number of aryl methyl sites for hydroxylation is 1. The molecule has 0 bridgehead atoms. The van der Waals surface area contributed by atoms with Crippen LogP contribution in [0.25, 0.3) is 0 Å². The van der Waals surface area contributed by atoms with Gasteiger partial charge in [0.15, 0.2) is 5.17 Å². The highest BCUT2D eigenvalue weighted by Crippen LogP contribution is 2.26. The molecular weight excluding hydrogens is 332 g/mol. The van der Waals surface area contributed by atoms with Crippen LogP contribution < -0.4 is 10.2 Å². The number of carbonyl (C=O) groups is 1. The van der Waals surface area contributed by atoms with Crippen molar-refractivity contribution in [1.82, 2.24) is 10.3 Å². The topological polar surface area (TPSA) is 57.6 Å². The molecule has 2 heterocycles. The van der Waals surface area contributed by atoms with E-state index in [9.17, 15) is 4.79 Å². The fraction of sp³-hybridized carbons (Fsp3) is 0.316. The van der Waals surface area contributed by atoms with Crippen molar-refractivity contribution in [3.8, 4) is 0 Å². The molecule has 25 heavy (non-hydrogen) atoms. The van der Waals surface area contributed by atoms with Gasteiger partial charge in [-0.15, -0.1) is 0 Å². The maximum atomic E-state index is 12.8. The van der Waals surface area contributed by atoms with E-state index in [1.54, 1.807) is 22.9 Å². The Morgan fingerprint density at radius 2 is 2.12 bits per heavy atom. The summed E-state index contributed by atoms with van der Waals surface area (Å²) in [6, 6.07) is 13.8. The fourth-order valence-corrected chi connectivity index (χ4v) is 3.49. The molecule has 0 radical (unpaired) electrons. The largest absolute Gasteiger partial charge is 0.337 e. The van der Waals surface area contributed by atoms with Gasteiger partial charge < -0.3 is 5.32 Å². The quantitative estimate of drug-likeness (QED) is 0.912. The van der Waals surface area contributed by atoms with Crippen LogP contribution in [0.3, 0.4) is 0 Å². The van der Waals surface area contributed by atoms with Crippen LogP contribution in [0.4, 0.5) is 10.6 Å². The van der Waals surface area contributed by atoms with Crippen LogP contribution in [0.15, 0.2) is 53.7 Å². The Bertz CT molecular complexity index is 763. The van der Waals surface area contributed by atoms with Crippen LogP contribution in [0.2, 0.25) is 0 Å². The number of thioether (sulfide) groups is 1. The molecule has 0 unspecified atom stereocenters. The standard InChI is InChI=1S/C19H22N4OS/c1-14-8-10-20-17(12-14)23(19-22-13-15(2)25-19)18(24)21-11-9-16-6-4-3-5-7-16/h3-8,10,12,15H,9,11,13H2,1-2H3,(H,21,24)/t15-/m1/s1. The molecule has 0 aliphatic carbocycles. The van der Waals surface area contributed by atoms with E-state index in [1.807, 2.05) is 37.3 Å². The van der Waals surface area contributed by atoms with Crippen molar-refractivity contribution in [3.63, 3.8) is 0 Å². The van der Waals surface area contributed by atoms with Gasteiger partial charge in [0, 0.05) is 18.0 Å². The van der Waals surface area contributed by atoms with Crippen LogP contribution in [0, 0.1) is 6.92 Å². The summed E-state index contributed by atoms with van der Waals surface area (Å²) < 4.78 is 0. The second-order valence-corrected chi connectivity index (χ2v) is 7.45. The lowest BCUT2D eigenvalue weighted by Gasteiger charge is -2.22. The maximum absolute atomic E-state index is 12.8. The second kappa shape index (κ2) is 8.16. The third-order valence-electron chi connectivity index (χ3n) is 3.85. The van der Waals surface area contributed by atoms with Crippen LogP contribution >= 0.6 is 11.8 Å². The zero-order valence-electron chi connectivity index (χ0n) is 14.5. The zero-order valence-corrected chi connectivity index (χ0v) is 15.3. The molecular formula is C19H22N4OS. The molecule has 1 aliphatic rings. The van der Waals surface area contributed by atoms with Crippen molar-refractivity contribution in [2.75, 3.05) is 18.0 Å². The normalized spacial score (nSPS) is 16.4. The fourth-order valence-electron chi connectivity index (χ4n) is 2.55. The van der Waals surface area contributed by atoms with Crippen LogP contribution in [-0.4, -0.2) is 34.5 Å². The number of urea groups is 1. The van der Waals surface area contributed by atoms with Crippen LogP contribution in [0.5, 0.6) is 0 Å². The van der Waals surface area contributed by atoms with Crippen molar-refractivity contribution in [2.45, 2.75) is 25.5 Å². The Balaban J connectivity index is 1.71. The summed E-state index contributed by atoms with van der Waals surface area (Å²) in [5, 5.41) is 4.08. The molecule has 0 saturated carbocycles. The predicted molar refractivity (Wildman–Crippen MR) is 104 cm³/mol. The Kier molecular flexibility index (Phi) is 5.71. The number of rotatable bonds is 4. The van der Waals surface area contributed by atoms with Gasteiger partial charge >= 0.3 is 6.03 Å². The van der Waals surface area contributed by atoms with Gasteiger partial charge in [0.2, 0.25) is 0 Å². The van der Waals surface area contributed by atoms with E-state index in [4.69, 9.17) is 0 Å². The van der Waals surface area contributed by atoms with Gasteiger partial charge in [-0.25, -0.2) is 14.7 Å². The molecule has 130 valence electrons. The third kappa shape index (κ3) is 4.60. The summed E-state index contributed by atoms with van der Waals surface area (Å²) in [6.45, 7) is 5.39. The molecule has 1 aromatic heterocycles. The predicted octanol–water partition coefficient (Wildman–Crippen LogP) is 3.64. The van der Waals surface area contributed by atoms with E-state index in [-0.39, 0.29) is 6.03 Å². The highest BCUT2D eigenvalue weighted by Gasteiger charge is 2.28. The average Bonchev–Trinajstić information content (AvgIpc) is 3.02. The number of pyridine rings is 1. The number of hydrogen-bond acceptors (Lipinski definition) is 4. The number of anilines is 1. The summed E-state index contributed by atoms with van der Waals surface area (Å²) in [6.07, 6.45) is 2.51. The molecule has 2 amide bonds. The molecule has 6 heteroatoms. The van der Waals surface area contributed by atoms with E-state index >= 15 is 0 Å². The maximum Gasteiger partial charge on any atom is 0.329 e. The Hall–Kier alpha value is -2.34. The number of aliphatic imine (C=N–C) groups is 1. The van der Waals surface area contributed by atoms with Gasteiger partial charge in [0.05, 0.1) is 6.54 Å². The molecule has 1 aliphatic heterocycles. The van der Waals surface area contributed by atoms with Gasteiger partial charge in [-0.2, -0.15) is 0 Å². The molecule has 3 rings (SSSR count). The van der Waals surface area contributed by atoms with E-state index < -0.39 is 0 Å². The van der Waals surface area contributed by atoms with Crippen molar-refractivity contribution in [3.05, 3.63) is 59.8 Å². The van der Waals surface area contributed by atoms with Crippen molar-refractivity contribution < 1.29 is 4.79 Å². The van der Waals surface area contributed by atoms with Gasteiger partial charge in [0.25, 0.3) is 0 Å². The lowest BCUT2D eigenvalue weighted by Crippen LogP contribution is -2.43. The first kappa shape index (κ1) is 17.5. The minimum absolute atomic E-state index is 0.186. The third-order valence-corrected chi connectivity index (χ3v) is 4.92. The average molecular weight is 354 g/mol. The van der Waals surface area contributed by atoms with Gasteiger partial charge in [-0.3, -0.25) is 4.99 Å². The van der Waals surface area contributed by atoms with Crippen molar-refractivity contribution >= 4 is 28.8 Å². The van der Waals surface area contributed by atoms with Crippen LogP contribution in [0.1, 0.15) is 18.1 Å². The van der Waals surface area contributed by atoms with E-state index in [2.05, 4.69) is 34.3 Å².